The van der Waals surface area contributed by atoms with Crippen molar-refractivity contribution < 1.29 is 9.59 Å². The quantitative estimate of drug-likeness (QED) is 0.791. The molecule has 0 aromatic heterocycles. The molecular weight excluding hydrogens is 278 g/mol. The van der Waals surface area contributed by atoms with Gasteiger partial charge in [-0.05, 0) is 38.5 Å². The topological polar surface area (TPSA) is 84.2 Å². The molecule has 0 unspecified atom stereocenters. The van der Waals surface area contributed by atoms with Crippen molar-refractivity contribution in [1.29, 1.82) is 0 Å². The molecule has 0 aliphatic carbocycles. The third kappa shape index (κ3) is 3.95. The number of amides is 2. The van der Waals surface area contributed by atoms with Gasteiger partial charge in [-0.3, -0.25) is 9.59 Å². The second kappa shape index (κ2) is 7.26. The summed E-state index contributed by atoms with van der Waals surface area (Å²) in [5.74, 6) is -0.334. The van der Waals surface area contributed by atoms with E-state index < -0.39 is 5.41 Å². The molecule has 6 heteroatoms. The number of benzene rings is 1. The van der Waals surface area contributed by atoms with E-state index >= 15 is 0 Å². The minimum absolute atomic E-state index is 0. The third-order valence-corrected chi connectivity index (χ3v) is 3.18. The highest BCUT2D eigenvalue weighted by Gasteiger charge is 2.26. The molecule has 0 saturated carbocycles. The van der Waals surface area contributed by atoms with E-state index in [9.17, 15) is 9.59 Å². The first-order valence-electron chi connectivity index (χ1n) is 6.16. The maximum atomic E-state index is 12.1. The van der Waals surface area contributed by atoms with E-state index in [-0.39, 0.29) is 30.8 Å². The van der Waals surface area contributed by atoms with Crippen LogP contribution < -0.4 is 16.4 Å². The van der Waals surface area contributed by atoms with Gasteiger partial charge in [-0.25, -0.2) is 0 Å². The Morgan fingerprint density at radius 1 is 1.30 bits per heavy atom. The van der Waals surface area contributed by atoms with Crippen molar-refractivity contribution in [2.24, 2.45) is 11.1 Å². The van der Waals surface area contributed by atoms with E-state index in [1.807, 2.05) is 0 Å². The van der Waals surface area contributed by atoms with Gasteiger partial charge in [0.05, 0.1) is 5.41 Å². The monoisotopic (exact) mass is 299 g/mol. The Bertz CT molecular complexity index is 501. The lowest BCUT2D eigenvalue weighted by Gasteiger charge is -2.22. The van der Waals surface area contributed by atoms with Crippen molar-refractivity contribution >= 4 is 29.9 Å². The number of hydrogen-bond acceptors (Lipinski definition) is 3. The van der Waals surface area contributed by atoms with Crippen molar-refractivity contribution in [2.75, 3.05) is 18.9 Å². The molecule has 0 bridgehead atoms. The van der Waals surface area contributed by atoms with Crippen molar-refractivity contribution in [3.63, 3.8) is 0 Å². The highest BCUT2D eigenvalue weighted by Crippen LogP contribution is 2.22. The number of nitrogens with one attached hydrogen (secondary N) is 2. The summed E-state index contributed by atoms with van der Waals surface area (Å²) in [7, 11) is 1.57. The molecule has 20 heavy (non-hydrogen) atoms. The summed E-state index contributed by atoms with van der Waals surface area (Å²) < 4.78 is 0. The predicted octanol–water partition coefficient (Wildman–Crippen LogP) is 1.70. The first-order valence-corrected chi connectivity index (χ1v) is 6.16. The Hall–Kier alpha value is -1.59. The van der Waals surface area contributed by atoms with E-state index in [1.54, 1.807) is 46.0 Å². The molecular formula is C14H22ClN3O2. The van der Waals surface area contributed by atoms with Crippen LogP contribution >= 0.6 is 12.4 Å². The highest BCUT2D eigenvalue weighted by atomic mass is 35.5. The summed E-state index contributed by atoms with van der Waals surface area (Å²) in [6.07, 6.45) is 0. The van der Waals surface area contributed by atoms with Gasteiger partial charge in [0.15, 0.2) is 0 Å². The number of carbonyl (C=O) groups excluding carboxylic acids is 2. The van der Waals surface area contributed by atoms with Gasteiger partial charge < -0.3 is 16.4 Å². The van der Waals surface area contributed by atoms with Gasteiger partial charge in [0, 0.05) is 24.8 Å². The summed E-state index contributed by atoms with van der Waals surface area (Å²) >= 11 is 0. The molecule has 1 aromatic carbocycles. The summed E-state index contributed by atoms with van der Waals surface area (Å²) in [4.78, 5) is 23.8. The predicted molar refractivity (Wildman–Crippen MR) is 83.3 cm³/mol. The maximum Gasteiger partial charge on any atom is 0.251 e. The van der Waals surface area contributed by atoms with Crippen molar-refractivity contribution in [2.45, 2.75) is 20.8 Å². The largest absolute Gasteiger partial charge is 0.355 e. The van der Waals surface area contributed by atoms with Gasteiger partial charge in [-0.2, -0.15) is 0 Å². The fourth-order valence-electron chi connectivity index (χ4n) is 1.54. The lowest BCUT2D eigenvalue weighted by atomic mass is 9.92. The molecule has 0 radical (unpaired) electrons. The standard InChI is InChI=1S/C14H21N3O2.ClH/c1-9-10(12(18)16-4)6-5-7-11(9)17-13(19)14(2,3)8-15;/h5-7H,8,15H2,1-4H3,(H,16,18)(H,17,19);1H. The average molecular weight is 300 g/mol. The van der Waals surface area contributed by atoms with Gasteiger partial charge in [0.25, 0.3) is 5.91 Å². The molecule has 0 saturated heterocycles. The zero-order chi connectivity index (χ0) is 14.6. The molecule has 0 atom stereocenters. The molecule has 0 aliphatic rings. The molecule has 0 fully saturated rings. The number of nitrogens with two attached hydrogens (primary N) is 1. The first-order chi connectivity index (χ1) is 8.83. The molecule has 0 spiro atoms. The minimum atomic E-state index is -0.643. The van der Waals surface area contributed by atoms with Crippen molar-refractivity contribution in [1.82, 2.24) is 5.32 Å². The normalized spacial score (nSPS) is 10.4. The zero-order valence-electron chi connectivity index (χ0n) is 12.2. The van der Waals surface area contributed by atoms with Crippen LogP contribution in [0.5, 0.6) is 0 Å². The smallest absolute Gasteiger partial charge is 0.251 e. The van der Waals surface area contributed by atoms with Crippen LogP contribution in [0.2, 0.25) is 0 Å². The number of carbonyl (C=O) groups is 2. The highest BCUT2D eigenvalue weighted by molar-refractivity contribution is 6.00. The van der Waals surface area contributed by atoms with Crippen LogP contribution in [0.3, 0.4) is 0 Å². The Balaban J connectivity index is 0.00000361. The average Bonchev–Trinajstić information content (AvgIpc) is 2.40. The number of anilines is 1. The van der Waals surface area contributed by atoms with Crippen LogP contribution in [0.1, 0.15) is 29.8 Å². The molecule has 1 rings (SSSR count). The molecule has 0 heterocycles. The molecule has 1 aromatic rings. The second-order valence-corrected chi connectivity index (χ2v) is 5.10. The van der Waals surface area contributed by atoms with Crippen LogP contribution in [-0.2, 0) is 4.79 Å². The molecule has 112 valence electrons. The Morgan fingerprint density at radius 3 is 2.40 bits per heavy atom. The molecule has 2 amide bonds. The van der Waals surface area contributed by atoms with Crippen LogP contribution in [0.25, 0.3) is 0 Å². The van der Waals surface area contributed by atoms with E-state index in [1.165, 1.54) is 0 Å². The fraction of sp³-hybridized carbons (Fsp3) is 0.429. The maximum absolute atomic E-state index is 12.1. The van der Waals surface area contributed by atoms with Crippen LogP contribution in [0.15, 0.2) is 18.2 Å². The van der Waals surface area contributed by atoms with E-state index in [0.717, 1.165) is 5.56 Å². The van der Waals surface area contributed by atoms with E-state index in [4.69, 9.17) is 5.73 Å². The lowest BCUT2D eigenvalue weighted by Crippen LogP contribution is -2.37. The third-order valence-electron chi connectivity index (χ3n) is 3.18. The Kier molecular flexibility index (Phi) is 6.68. The minimum Gasteiger partial charge on any atom is -0.355 e. The van der Waals surface area contributed by atoms with Gasteiger partial charge >= 0.3 is 0 Å². The van der Waals surface area contributed by atoms with Crippen molar-refractivity contribution in [3.8, 4) is 0 Å². The van der Waals surface area contributed by atoms with Gasteiger partial charge in [-0.1, -0.05) is 6.07 Å². The number of rotatable bonds is 4. The van der Waals surface area contributed by atoms with Crippen LogP contribution in [0, 0.1) is 12.3 Å². The fourth-order valence-corrected chi connectivity index (χ4v) is 1.54. The van der Waals surface area contributed by atoms with Crippen LogP contribution in [0.4, 0.5) is 5.69 Å². The van der Waals surface area contributed by atoms with Gasteiger partial charge in [-0.15, -0.1) is 12.4 Å². The summed E-state index contributed by atoms with van der Waals surface area (Å²) in [6.45, 7) is 5.61. The zero-order valence-corrected chi connectivity index (χ0v) is 13.1. The number of hydrogen-bond donors (Lipinski definition) is 3. The Labute approximate surface area is 125 Å². The summed E-state index contributed by atoms with van der Waals surface area (Å²) in [5.41, 5.74) is 6.85. The van der Waals surface area contributed by atoms with Gasteiger partial charge in [0.2, 0.25) is 5.91 Å². The van der Waals surface area contributed by atoms with Crippen molar-refractivity contribution in [3.05, 3.63) is 29.3 Å². The number of halogens is 1. The molecule has 5 nitrogen and oxygen atoms in total. The van der Waals surface area contributed by atoms with Gasteiger partial charge in [0.1, 0.15) is 0 Å². The summed E-state index contributed by atoms with van der Waals surface area (Å²) in [6, 6.07) is 5.23. The molecule has 4 N–H and O–H groups in total. The van der Waals surface area contributed by atoms with E-state index in [0.29, 0.717) is 11.3 Å². The second-order valence-electron chi connectivity index (χ2n) is 5.10. The van der Waals surface area contributed by atoms with E-state index in [2.05, 4.69) is 10.6 Å². The summed E-state index contributed by atoms with van der Waals surface area (Å²) in [5, 5.41) is 5.39. The lowest BCUT2D eigenvalue weighted by molar-refractivity contribution is -0.123. The molecule has 0 aliphatic heterocycles. The SMILES string of the molecule is CNC(=O)c1cccc(NC(=O)C(C)(C)CN)c1C.Cl. The van der Waals surface area contributed by atoms with Crippen LogP contribution in [-0.4, -0.2) is 25.4 Å². The Morgan fingerprint density at radius 2 is 1.90 bits per heavy atom. The first kappa shape index (κ1) is 18.4.